The Labute approximate surface area is 243 Å². The van der Waals surface area contributed by atoms with Crippen molar-refractivity contribution in [2.45, 2.75) is 70.0 Å². The smallest absolute Gasteiger partial charge is 0.499 e. The first-order valence-corrected chi connectivity index (χ1v) is 13.9. The maximum Gasteiger partial charge on any atom is 0.499 e. The number of carbonyl (C=O) groups excluding carboxylic acids is 5. The van der Waals surface area contributed by atoms with E-state index in [4.69, 9.17) is 14.0 Å². The van der Waals surface area contributed by atoms with Gasteiger partial charge in [-0.25, -0.2) is 4.98 Å². The first-order chi connectivity index (χ1) is 19.9. The van der Waals surface area contributed by atoms with E-state index in [1.807, 2.05) is 44.2 Å². The summed E-state index contributed by atoms with van der Waals surface area (Å²) in [5.41, 5.74) is -0.457. The van der Waals surface area contributed by atoms with Gasteiger partial charge in [-0.2, -0.15) is 0 Å². The predicted molar refractivity (Wildman–Crippen MR) is 150 cm³/mol. The van der Waals surface area contributed by atoms with Gasteiger partial charge in [0, 0.05) is 12.6 Å². The Bertz CT molecular complexity index is 1370. The second kappa shape index (κ2) is 12.4. The molecular formula is C29H35BN3O9-. The van der Waals surface area contributed by atoms with Crippen LogP contribution in [-0.4, -0.2) is 71.2 Å². The molecule has 2 saturated heterocycles. The van der Waals surface area contributed by atoms with Gasteiger partial charge in [-0.1, -0.05) is 62.5 Å². The number of aliphatic hydroxyl groups excluding tert-OH is 1. The number of nitrogens with zero attached hydrogens (tertiary/aromatic N) is 1. The van der Waals surface area contributed by atoms with E-state index in [0.29, 0.717) is 5.69 Å². The SMILES string of the molecule is CNC(=O)C[C@]12CC(=O)O[B-](C(CC(=O)[C@@H](NC(=O)c3cccc(-c4ccccc4)n3)[C@@H](C)O)CC(C)C)(OC1=O)O2. The molecule has 12 nitrogen and oxygen atoms in total. The Balaban J connectivity index is 1.56. The fourth-order valence-electron chi connectivity index (χ4n) is 5.48. The van der Waals surface area contributed by atoms with Crippen LogP contribution in [-0.2, 0) is 33.1 Å². The van der Waals surface area contributed by atoms with Gasteiger partial charge in [0.15, 0.2) is 5.78 Å². The summed E-state index contributed by atoms with van der Waals surface area (Å²) < 4.78 is 17.1. The summed E-state index contributed by atoms with van der Waals surface area (Å²) in [6.07, 6.45) is -2.38. The van der Waals surface area contributed by atoms with Crippen LogP contribution in [0.1, 0.15) is 56.9 Å². The number of hydrogen-bond acceptors (Lipinski definition) is 10. The van der Waals surface area contributed by atoms with Crippen LogP contribution in [0.25, 0.3) is 11.3 Å². The van der Waals surface area contributed by atoms with Gasteiger partial charge < -0.3 is 29.7 Å². The van der Waals surface area contributed by atoms with Crippen molar-refractivity contribution in [3.8, 4) is 11.3 Å². The average molecular weight is 580 g/mol. The van der Waals surface area contributed by atoms with Crippen molar-refractivity contribution in [3.05, 3.63) is 54.2 Å². The number of nitrogens with one attached hydrogen (secondary N) is 2. The van der Waals surface area contributed by atoms with Crippen LogP contribution in [0, 0.1) is 5.92 Å². The molecule has 1 aromatic heterocycles. The lowest BCUT2D eigenvalue weighted by Crippen LogP contribution is -2.57. The molecule has 4 rings (SSSR count). The third-order valence-corrected chi connectivity index (χ3v) is 7.47. The molecule has 2 fully saturated rings. The topological polar surface area (TPSA) is 170 Å². The van der Waals surface area contributed by atoms with E-state index in [0.717, 1.165) is 5.56 Å². The maximum atomic E-state index is 13.6. The highest BCUT2D eigenvalue weighted by molar-refractivity contribution is 6.68. The molecule has 13 heteroatoms. The lowest BCUT2D eigenvalue weighted by Gasteiger charge is -2.46. The Kier molecular flexibility index (Phi) is 9.12. The van der Waals surface area contributed by atoms with Crippen LogP contribution in [0.3, 0.4) is 0 Å². The molecule has 5 atom stereocenters. The molecule has 2 unspecified atom stereocenters. The van der Waals surface area contributed by atoms with Gasteiger partial charge in [0.05, 0.1) is 24.6 Å². The van der Waals surface area contributed by atoms with Gasteiger partial charge in [-0.15, -0.1) is 0 Å². The minimum absolute atomic E-state index is 0.0459. The second-order valence-electron chi connectivity index (χ2n) is 11.3. The van der Waals surface area contributed by atoms with E-state index < -0.39 is 72.7 Å². The number of Topliss-reactive ketones (excluding diaryl/α,β-unsaturated/α-hetero) is 1. The Morgan fingerprint density at radius 3 is 2.40 bits per heavy atom. The lowest BCUT2D eigenvalue weighted by atomic mass is 9.57. The van der Waals surface area contributed by atoms with Crippen LogP contribution in [0.5, 0.6) is 0 Å². The van der Waals surface area contributed by atoms with Crippen LogP contribution in [0.15, 0.2) is 48.5 Å². The van der Waals surface area contributed by atoms with Gasteiger partial charge in [0.25, 0.3) is 17.8 Å². The van der Waals surface area contributed by atoms with E-state index in [2.05, 4.69) is 15.6 Å². The number of aromatic nitrogens is 1. The quantitative estimate of drug-likeness (QED) is 0.315. The summed E-state index contributed by atoms with van der Waals surface area (Å²) in [7, 11) is 1.39. The zero-order valence-electron chi connectivity index (χ0n) is 24.0. The maximum absolute atomic E-state index is 13.6. The Morgan fingerprint density at radius 2 is 1.76 bits per heavy atom. The molecule has 42 heavy (non-hydrogen) atoms. The summed E-state index contributed by atoms with van der Waals surface area (Å²) in [5, 5.41) is 15.5. The summed E-state index contributed by atoms with van der Waals surface area (Å²) >= 11 is 0. The molecule has 2 aromatic rings. The summed E-state index contributed by atoms with van der Waals surface area (Å²) in [6, 6.07) is 12.8. The van der Waals surface area contributed by atoms with Gasteiger partial charge >= 0.3 is 6.75 Å². The van der Waals surface area contributed by atoms with Crippen molar-refractivity contribution in [1.29, 1.82) is 0 Å². The molecule has 1 aromatic carbocycles. The van der Waals surface area contributed by atoms with Crippen LogP contribution in [0.4, 0.5) is 0 Å². The number of pyridine rings is 1. The van der Waals surface area contributed by atoms with Crippen molar-refractivity contribution in [2.24, 2.45) is 5.92 Å². The number of carbonyl (C=O) groups is 5. The fourth-order valence-corrected chi connectivity index (χ4v) is 5.48. The molecule has 224 valence electrons. The van der Waals surface area contributed by atoms with Crippen LogP contribution >= 0.6 is 0 Å². The first-order valence-electron chi connectivity index (χ1n) is 13.9. The van der Waals surface area contributed by atoms with Crippen LogP contribution in [0.2, 0.25) is 5.82 Å². The number of rotatable bonds is 12. The molecule has 0 radical (unpaired) electrons. The zero-order valence-corrected chi connectivity index (χ0v) is 24.0. The molecule has 0 spiro atoms. The van der Waals surface area contributed by atoms with E-state index in [1.165, 1.54) is 20.0 Å². The van der Waals surface area contributed by atoms with E-state index in [9.17, 15) is 29.1 Å². The van der Waals surface area contributed by atoms with E-state index >= 15 is 0 Å². The molecule has 2 aliphatic heterocycles. The van der Waals surface area contributed by atoms with E-state index in [-0.39, 0.29) is 24.5 Å². The second-order valence-corrected chi connectivity index (χ2v) is 11.3. The molecule has 2 amide bonds. The molecule has 2 aliphatic rings. The Hall–Kier alpha value is -4.10. The first kappa shape index (κ1) is 30.9. The number of benzene rings is 1. The van der Waals surface area contributed by atoms with Crippen molar-refractivity contribution < 1.29 is 43.0 Å². The number of hydrogen-bond donors (Lipinski definition) is 3. The third kappa shape index (κ3) is 6.52. The zero-order chi connectivity index (χ0) is 30.7. The highest BCUT2D eigenvalue weighted by Crippen LogP contribution is 2.48. The number of amides is 2. The largest absolute Gasteiger partial charge is 0.633 e. The molecule has 2 bridgehead atoms. The van der Waals surface area contributed by atoms with Crippen molar-refractivity contribution >= 4 is 36.3 Å². The van der Waals surface area contributed by atoms with Crippen molar-refractivity contribution in [2.75, 3.05) is 7.05 Å². The summed E-state index contributed by atoms with van der Waals surface area (Å²) in [5.74, 6) is -4.50. The molecule has 3 heterocycles. The third-order valence-electron chi connectivity index (χ3n) is 7.47. The normalized spacial score (nSPS) is 23.4. The molecule has 0 saturated carbocycles. The standard InChI is InChI=1S/C29H35BN3O9/c1-17(2)13-20(30-40-25(37)16-29(42-30,28(39)41-30)15-24(36)31-4)14-23(35)26(18(3)34)33-27(38)22-12-8-11-21(32-22)19-9-6-5-7-10-19/h5-12,17-18,20,26,34H,13-16H2,1-4H3,(H,31,36)(H,33,38)/q-1/t18-,20?,26+,29+,30?/m1/s1. The average Bonchev–Trinajstić information content (AvgIpc) is 3.15. The number of aliphatic hydroxyl groups is 1. The summed E-state index contributed by atoms with van der Waals surface area (Å²) in [4.78, 5) is 69.0. The minimum Gasteiger partial charge on any atom is -0.633 e. The van der Waals surface area contributed by atoms with Crippen LogP contribution < -0.4 is 10.6 Å². The van der Waals surface area contributed by atoms with E-state index in [1.54, 1.807) is 12.1 Å². The fraction of sp³-hybridized carbons (Fsp3) is 0.448. The van der Waals surface area contributed by atoms with Gasteiger partial charge in [0.2, 0.25) is 5.91 Å². The Morgan fingerprint density at radius 1 is 1.05 bits per heavy atom. The van der Waals surface area contributed by atoms with Crippen molar-refractivity contribution in [1.82, 2.24) is 15.6 Å². The monoisotopic (exact) mass is 580 g/mol. The minimum atomic E-state index is -3.10. The molecular weight excluding hydrogens is 545 g/mol. The highest BCUT2D eigenvalue weighted by Gasteiger charge is 2.64. The lowest BCUT2D eigenvalue weighted by molar-refractivity contribution is -0.156. The van der Waals surface area contributed by atoms with Gasteiger partial charge in [0.1, 0.15) is 17.3 Å². The molecule has 0 aliphatic carbocycles. The van der Waals surface area contributed by atoms with Gasteiger partial charge in [-0.05, 0) is 31.4 Å². The van der Waals surface area contributed by atoms with Gasteiger partial charge in [-0.3, -0.25) is 24.0 Å². The van der Waals surface area contributed by atoms with Crippen molar-refractivity contribution in [3.63, 3.8) is 0 Å². The highest BCUT2D eigenvalue weighted by atomic mass is 16.8. The predicted octanol–water partition coefficient (Wildman–Crippen LogP) is 1.94. The number of ketones is 1. The number of fused-ring (bicyclic) bond motifs is 2. The molecule has 3 N–H and O–H groups in total. The summed E-state index contributed by atoms with van der Waals surface area (Å²) in [6.45, 7) is 1.99.